The zero-order valence-corrected chi connectivity index (χ0v) is 29.5. The molecule has 238 valence electrons. The van der Waals surface area contributed by atoms with Crippen LogP contribution in [0.1, 0.15) is 53.4 Å². The van der Waals surface area contributed by atoms with E-state index in [1.165, 1.54) is 0 Å². The number of rotatable bonds is 10. The fourth-order valence-electron chi connectivity index (χ4n) is 5.92. The lowest BCUT2D eigenvalue weighted by Gasteiger charge is -2.20. The highest BCUT2D eigenvalue weighted by Crippen LogP contribution is 2.46. The van der Waals surface area contributed by atoms with Crippen LogP contribution in [0.4, 0.5) is 0 Å². The monoisotopic (exact) mass is 735 g/mol. The second kappa shape index (κ2) is 13.2. The van der Waals surface area contributed by atoms with Crippen LogP contribution < -0.4 is 15.4 Å². The van der Waals surface area contributed by atoms with Gasteiger partial charge in [-0.05, 0) is 137 Å². The maximum Gasteiger partial charge on any atom is 0.251 e. The summed E-state index contributed by atoms with van der Waals surface area (Å²) < 4.78 is 6.53. The van der Waals surface area contributed by atoms with Crippen LogP contribution in [0.15, 0.2) is 91.5 Å². The van der Waals surface area contributed by atoms with Crippen molar-refractivity contribution >= 4 is 45.3 Å². The molecular formula is C39H38IN5O2. The van der Waals surface area contributed by atoms with E-state index in [0.717, 1.165) is 83.8 Å². The highest BCUT2D eigenvalue weighted by Gasteiger charge is 2.48. The summed E-state index contributed by atoms with van der Waals surface area (Å²) in [4.78, 5) is 18.2. The molecule has 4 aromatic carbocycles. The number of hydrogen-bond donors (Lipinski definition) is 3. The number of nitrogens with one attached hydrogen (secondary N) is 3. The first-order valence-corrected chi connectivity index (χ1v) is 16.7. The lowest BCUT2D eigenvalue weighted by atomic mass is 9.88. The van der Waals surface area contributed by atoms with E-state index in [2.05, 4.69) is 125 Å². The van der Waals surface area contributed by atoms with Crippen molar-refractivity contribution in [3.63, 3.8) is 0 Å². The van der Waals surface area contributed by atoms with Gasteiger partial charge >= 0.3 is 0 Å². The third kappa shape index (κ3) is 6.60. The molecule has 1 aliphatic carbocycles. The topological polar surface area (TPSA) is 91.9 Å². The number of allylic oxidation sites excluding steroid dienone is 1. The van der Waals surface area contributed by atoms with E-state index >= 15 is 0 Å². The van der Waals surface area contributed by atoms with Gasteiger partial charge in [0.2, 0.25) is 0 Å². The number of carbonyl (C=O) groups excluding carboxylic acids is 1. The number of aryl methyl sites for hydroxylation is 2. The molecule has 47 heavy (non-hydrogen) atoms. The van der Waals surface area contributed by atoms with Crippen LogP contribution in [0.25, 0.3) is 39.4 Å². The van der Waals surface area contributed by atoms with Gasteiger partial charge in [0.15, 0.2) is 11.6 Å². The zero-order chi connectivity index (χ0) is 33.3. The molecule has 0 unspecified atom stereocenters. The van der Waals surface area contributed by atoms with Gasteiger partial charge in [0.1, 0.15) is 5.75 Å². The number of amides is 1. The Balaban J connectivity index is 1.30. The zero-order valence-electron chi connectivity index (χ0n) is 27.3. The van der Waals surface area contributed by atoms with E-state index in [-0.39, 0.29) is 11.4 Å². The Labute approximate surface area is 289 Å². The minimum absolute atomic E-state index is 0.110. The first-order valence-electron chi connectivity index (χ1n) is 15.6. The van der Waals surface area contributed by atoms with Gasteiger partial charge in [0, 0.05) is 21.9 Å². The fourth-order valence-corrected chi connectivity index (χ4v) is 6.28. The highest BCUT2D eigenvalue weighted by molar-refractivity contribution is 14.1. The second-order valence-corrected chi connectivity index (χ2v) is 13.3. The highest BCUT2D eigenvalue weighted by atomic mass is 127. The number of benzene rings is 4. The molecule has 1 heterocycles. The normalized spacial score (nSPS) is 13.8. The molecule has 1 aromatic heterocycles. The number of H-pyrrole nitrogens is 1. The predicted octanol–water partition coefficient (Wildman–Crippen LogP) is 8.30. The van der Waals surface area contributed by atoms with Crippen LogP contribution in [-0.4, -0.2) is 35.2 Å². The van der Waals surface area contributed by atoms with Crippen molar-refractivity contribution < 1.29 is 9.53 Å². The summed E-state index contributed by atoms with van der Waals surface area (Å²) in [7, 11) is 3.33. The Hall–Kier alpha value is -4.70. The molecule has 6 rings (SSSR count). The molecule has 0 spiro atoms. The molecule has 3 N–H and O–H groups in total. The number of carbonyl (C=O) groups is 1. The quantitative estimate of drug-likeness (QED) is 0.0763. The van der Waals surface area contributed by atoms with Crippen LogP contribution in [0, 0.1) is 17.4 Å². The maximum absolute atomic E-state index is 13.4. The van der Waals surface area contributed by atoms with Crippen molar-refractivity contribution in [1.29, 1.82) is 0 Å². The number of methoxy groups -OCH3 is 1. The first-order chi connectivity index (χ1) is 22.6. The van der Waals surface area contributed by atoms with E-state index in [4.69, 9.17) is 9.72 Å². The van der Waals surface area contributed by atoms with E-state index in [1.54, 1.807) is 14.2 Å². The lowest BCUT2D eigenvalue weighted by Crippen LogP contribution is -2.28. The largest absolute Gasteiger partial charge is 0.497 e. The van der Waals surface area contributed by atoms with Crippen molar-refractivity contribution in [3.05, 3.63) is 129 Å². The van der Waals surface area contributed by atoms with Gasteiger partial charge in [-0.2, -0.15) is 5.10 Å². The SMILES string of the molecule is C=C(NC1(c2nc(-c3cccc(OC)c3)n[nH]2)CC1)c1ccc(C)c(-c2ccc(C)c(/C(C(=O)NC)=C(\C)c3ccc(I)cc3)c2)c1. The molecule has 1 aliphatic rings. The van der Waals surface area contributed by atoms with Crippen molar-refractivity contribution in [3.8, 4) is 28.3 Å². The van der Waals surface area contributed by atoms with Crippen LogP contribution in [0.3, 0.4) is 0 Å². The van der Waals surface area contributed by atoms with Gasteiger partial charge in [0.05, 0.1) is 18.2 Å². The predicted molar refractivity (Wildman–Crippen MR) is 199 cm³/mol. The Morgan fingerprint density at radius 3 is 2.36 bits per heavy atom. The summed E-state index contributed by atoms with van der Waals surface area (Å²) in [6.45, 7) is 10.6. The van der Waals surface area contributed by atoms with Crippen LogP contribution >= 0.6 is 22.6 Å². The van der Waals surface area contributed by atoms with Gasteiger partial charge in [0.25, 0.3) is 5.91 Å². The number of aromatic nitrogens is 3. The van der Waals surface area contributed by atoms with Gasteiger partial charge in [-0.1, -0.05) is 55.1 Å². The van der Waals surface area contributed by atoms with E-state index < -0.39 is 0 Å². The van der Waals surface area contributed by atoms with Crippen molar-refractivity contribution in [2.75, 3.05) is 14.2 Å². The number of likely N-dealkylation sites (N-methyl/N-ethyl adjacent to an activating group) is 1. The average Bonchev–Trinajstić information content (AvgIpc) is 3.68. The number of hydrogen-bond acceptors (Lipinski definition) is 5. The average molecular weight is 736 g/mol. The van der Waals surface area contributed by atoms with Gasteiger partial charge in [-0.3, -0.25) is 9.89 Å². The van der Waals surface area contributed by atoms with Crippen LogP contribution in [0.5, 0.6) is 5.75 Å². The summed E-state index contributed by atoms with van der Waals surface area (Å²) >= 11 is 2.30. The van der Waals surface area contributed by atoms with Crippen LogP contribution in [0.2, 0.25) is 0 Å². The summed E-state index contributed by atoms with van der Waals surface area (Å²) in [6.07, 6.45) is 1.85. The number of halogens is 1. The van der Waals surface area contributed by atoms with Crippen molar-refractivity contribution in [2.24, 2.45) is 0 Å². The summed E-state index contributed by atoms with van der Waals surface area (Å²) in [6, 6.07) is 28.7. The molecule has 7 nitrogen and oxygen atoms in total. The number of ether oxygens (including phenoxy) is 1. The molecule has 0 bridgehead atoms. The number of aromatic amines is 1. The molecule has 1 amide bonds. The summed E-state index contributed by atoms with van der Waals surface area (Å²) in [5, 5.41) is 14.2. The minimum atomic E-state index is -0.344. The van der Waals surface area contributed by atoms with Gasteiger partial charge in [-0.25, -0.2) is 4.98 Å². The third-order valence-corrected chi connectivity index (χ3v) is 9.64. The Bertz CT molecular complexity index is 2020. The third-order valence-electron chi connectivity index (χ3n) is 8.92. The van der Waals surface area contributed by atoms with Gasteiger partial charge in [-0.15, -0.1) is 0 Å². The molecule has 0 atom stereocenters. The smallest absolute Gasteiger partial charge is 0.251 e. The number of nitrogens with zero attached hydrogens (tertiary/aromatic N) is 2. The van der Waals surface area contributed by atoms with E-state index in [0.29, 0.717) is 11.4 Å². The molecule has 0 aliphatic heterocycles. The second-order valence-electron chi connectivity index (χ2n) is 12.1. The molecular weight excluding hydrogens is 697 g/mol. The minimum Gasteiger partial charge on any atom is -0.497 e. The lowest BCUT2D eigenvalue weighted by molar-refractivity contribution is -0.115. The molecule has 1 saturated carbocycles. The van der Waals surface area contributed by atoms with E-state index in [1.807, 2.05) is 31.2 Å². The molecule has 1 fully saturated rings. The summed E-state index contributed by atoms with van der Waals surface area (Å²) in [5.74, 6) is 2.08. The Morgan fingerprint density at radius 1 is 0.936 bits per heavy atom. The Kier molecular flexibility index (Phi) is 9.05. The van der Waals surface area contributed by atoms with Crippen molar-refractivity contribution in [2.45, 2.75) is 39.2 Å². The van der Waals surface area contributed by atoms with Crippen molar-refractivity contribution in [1.82, 2.24) is 25.8 Å². The summed E-state index contributed by atoms with van der Waals surface area (Å²) in [5.41, 5.74) is 10.2. The molecule has 0 radical (unpaired) electrons. The maximum atomic E-state index is 13.4. The first kappa shape index (κ1) is 32.2. The molecule has 5 aromatic rings. The van der Waals surface area contributed by atoms with E-state index in [9.17, 15) is 4.79 Å². The Morgan fingerprint density at radius 2 is 1.66 bits per heavy atom. The fraction of sp³-hybridized carbons (Fsp3) is 0.205. The van der Waals surface area contributed by atoms with Crippen LogP contribution in [-0.2, 0) is 10.3 Å². The molecule has 0 saturated heterocycles. The molecule has 8 heteroatoms. The van der Waals surface area contributed by atoms with Gasteiger partial charge < -0.3 is 15.4 Å². The standard InChI is InChI=1S/C39H38IN5O2/c1-23-10-12-28(26(4)43-39(18-19-39)38-42-36(44-45-38)30-8-7-9-32(20-30)47-6)21-33(23)29-13-11-24(2)34(22-29)35(37(46)41-5)25(3)27-14-16-31(40)17-15-27/h7-17,20-22,43H,4,18-19H2,1-3,5-6H3,(H,41,46)(H,42,44,45)/b35-25-.